The molecule has 0 bridgehead atoms. The molecule has 2 heterocycles. The number of rotatable bonds is 4. The molecular formula is C10H7BrClN3O4S2. The highest BCUT2D eigenvalue weighted by molar-refractivity contribution is 9.10. The van der Waals surface area contributed by atoms with Gasteiger partial charge in [0.2, 0.25) is 0 Å². The minimum Gasteiger partial charge on any atom is -0.263 e. The van der Waals surface area contributed by atoms with Gasteiger partial charge in [0, 0.05) is 16.7 Å². The van der Waals surface area contributed by atoms with E-state index in [1.165, 1.54) is 12.3 Å². The van der Waals surface area contributed by atoms with Gasteiger partial charge >= 0.3 is 0 Å². The summed E-state index contributed by atoms with van der Waals surface area (Å²) in [5.41, 5.74) is 0.347. The van der Waals surface area contributed by atoms with Gasteiger partial charge in [-0.1, -0.05) is 11.6 Å². The standard InChI is InChI=1S/C10H7BrClN3O4S2/c1-5-2-8(13-4-6(5)11)14-21(18,19)9-3-7(15(16)17)10(12)20-9/h2-4H,1H3,(H,13,14). The molecule has 0 aliphatic rings. The van der Waals surface area contributed by atoms with Gasteiger partial charge in [0.05, 0.1) is 4.92 Å². The first-order valence-electron chi connectivity index (χ1n) is 5.29. The van der Waals surface area contributed by atoms with Gasteiger partial charge in [-0.2, -0.15) is 0 Å². The third-order valence-corrected chi connectivity index (χ3v) is 6.39. The topological polar surface area (TPSA) is 102 Å². The number of nitrogens with one attached hydrogen (secondary N) is 1. The number of halogens is 2. The van der Waals surface area contributed by atoms with E-state index in [2.05, 4.69) is 25.6 Å². The fraction of sp³-hybridized carbons (Fsp3) is 0.100. The van der Waals surface area contributed by atoms with Gasteiger partial charge in [-0.25, -0.2) is 13.4 Å². The average Bonchev–Trinajstić information content (AvgIpc) is 2.77. The Morgan fingerprint density at radius 2 is 2.14 bits per heavy atom. The Kier molecular flexibility index (Phi) is 4.51. The van der Waals surface area contributed by atoms with E-state index in [0.717, 1.165) is 16.1 Å². The third-order valence-electron chi connectivity index (χ3n) is 2.39. The molecule has 21 heavy (non-hydrogen) atoms. The lowest BCUT2D eigenvalue weighted by Crippen LogP contribution is -2.12. The van der Waals surface area contributed by atoms with Gasteiger partial charge in [-0.15, -0.1) is 11.3 Å². The van der Waals surface area contributed by atoms with Crippen LogP contribution in [-0.2, 0) is 10.0 Å². The van der Waals surface area contributed by atoms with E-state index in [1.54, 1.807) is 6.92 Å². The van der Waals surface area contributed by atoms with Crippen molar-refractivity contribution >= 4 is 60.4 Å². The van der Waals surface area contributed by atoms with E-state index < -0.39 is 20.6 Å². The summed E-state index contributed by atoms with van der Waals surface area (Å²) in [6.45, 7) is 1.77. The monoisotopic (exact) mass is 411 g/mol. The first-order chi connectivity index (χ1) is 9.70. The molecule has 0 aromatic carbocycles. The summed E-state index contributed by atoms with van der Waals surface area (Å²) in [5.74, 6) is 0.114. The summed E-state index contributed by atoms with van der Waals surface area (Å²) < 4.78 is 26.8. The van der Waals surface area contributed by atoms with E-state index in [-0.39, 0.29) is 14.4 Å². The molecule has 112 valence electrons. The maximum atomic E-state index is 12.2. The number of pyridine rings is 1. The molecule has 0 unspecified atom stereocenters. The van der Waals surface area contributed by atoms with Gasteiger partial charge < -0.3 is 0 Å². The van der Waals surface area contributed by atoms with Crippen LogP contribution in [0.3, 0.4) is 0 Å². The summed E-state index contributed by atoms with van der Waals surface area (Å²) in [6, 6.07) is 2.45. The van der Waals surface area contributed by atoms with Gasteiger partial charge in [0.15, 0.2) is 4.34 Å². The van der Waals surface area contributed by atoms with E-state index in [1.807, 2.05) is 0 Å². The van der Waals surface area contributed by atoms with Crippen molar-refractivity contribution in [2.75, 3.05) is 4.72 Å². The second-order valence-corrected chi connectivity index (χ2v) is 8.32. The number of nitro groups is 1. The molecule has 2 aromatic rings. The molecule has 0 spiro atoms. The van der Waals surface area contributed by atoms with Crippen LogP contribution in [-0.4, -0.2) is 18.3 Å². The maximum Gasteiger partial charge on any atom is 0.300 e. The molecule has 0 amide bonds. The van der Waals surface area contributed by atoms with Crippen LogP contribution in [0.5, 0.6) is 0 Å². The highest BCUT2D eigenvalue weighted by atomic mass is 79.9. The second-order valence-electron chi connectivity index (χ2n) is 3.91. The molecule has 0 fully saturated rings. The van der Waals surface area contributed by atoms with Crippen molar-refractivity contribution in [2.24, 2.45) is 0 Å². The van der Waals surface area contributed by atoms with Gasteiger partial charge in [0.1, 0.15) is 10.0 Å². The van der Waals surface area contributed by atoms with Crippen molar-refractivity contribution in [2.45, 2.75) is 11.1 Å². The molecule has 1 N–H and O–H groups in total. The summed E-state index contributed by atoms with van der Waals surface area (Å²) >= 11 is 9.52. The van der Waals surface area contributed by atoms with Crippen LogP contribution in [0.2, 0.25) is 4.34 Å². The molecule has 11 heteroatoms. The van der Waals surface area contributed by atoms with E-state index >= 15 is 0 Å². The van der Waals surface area contributed by atoms with Gasteiger partial charge in [0.25, 0.3) is 15.7 Å². The average molecular weight is 413 g/mol. The largest absolute Gasteiger partial charge is 0.300 e. The normalized spacial score (nSPS) is 11.4. The SMILES string of the molecule is Cc1cc(NS(=O)(=O)c2cc([N+](=O)[O-])c(Cl)s2)ncc1Br. The highest BCUT2D eigenvalue weighted by Gasteiger charge is 2.25. The van der Waals surface area contributed by atoms with E-state index in [9.17, 15) is 18.5 Å². The summed E-state index contributed by atoms with van der Waals surface area (Å²) in [4.78, 5) is 13.9. The van der Waals surface area contributed by atoms with Crippen molar-refractivity contribution in [1.29, 1.82) is 0 Å². The van der Waals surface area contributed by atoms with Crippen LogP contribution in [0.15, 0.2) is 27.0 Å². The summed E-state index contributed by atoms with van der Waals surface area (Å²) in [7, 11) is -3.98. The van der Waals surface area contributed by atoms with Crippen LogP contribution in [0.1, 0.15) is 5.56 Å². The van der Waals surface area contributed by atoms with Crippen molar-refractivity contribution in [3.05, 3.63) is 42.8 Å². The van der Waals surface area contributed by atoms with Crippen LogP contribution in [0.25, 0.3) is 0 Å². The lowest BCUT2D eigenvalue weighted by Gasteiger charge is -2.06. The quantitative estimate of drug-likeness (QED) is 0.611. The lowest BCUT2D eigenvalue weighted by atomic mass is 10.3. The van der Waals surface area contributed by atoms with E-state index in [0.29, 0.717) is 11.3 Å². The number of nitrogens with zero attached hydrogens (tertiary/aromatic N) is 2. The number of hydrogen-bond acceptors (Lipinski definition) is 6. The van der Waals surface area contributed by atoms with Crippen molar-refractivity contribution < 1.29 is 13.3 Å². The Morgan fingerprint density at radius 1 is 1.48 bits per heavy atom. The number of hydrogen-bond donors (Lipinski definition) is 1. The van der Waals surface area contributed by atoms with Crippen molar-refractivity contribution in [1.82, 2.24) is 4.98 Å². The Balaban J connectivity index is 2.36. The van der Waals surface area contributed by atoms with Crippen LogP contribution in [0, 0.1) is 17.0 Å². The smallest absolute Gasteiger partial charge is 0.263 e. The molecule has 0 atom stereocenters. The second kappa shape index (κ2) is 5.87. The van der Waals surface area contributed by atoms with Crippen LogP contribution >= 0.6 is 38.9 Å². The minimum atomic E-state index is -3.98. The molecule has 0 radical (unpaired) electrons. The van der Waals surface area contributed by atoms with Crippen LogP contribution in [0.4, 0.5) is 11.5 Å². The Hall–Kier alpha value is -1.23. The predicted molar refractivity (Wildman–Crippen MR) is 83.5 cm³/mol. The molecule has 0 aliphatic heterocycles. The fourth-order valence-electron chi connectivity index (χ4n) is 1.38. The lowest BCUT2D eigenvalue weighted by molar-refractivity contribution is -0.384. The van der Waals surface area contributed by atoms with E-state index in [4.69, 9.17) is 11.6 Å². The predicted octanol–water partition coefficient (Wildman–Crippen LogP) is 3.58. The third kappa shape index (κ3) is 3.51. The van der Waals surface area contributed by atoms with Crippen molar-refractivity contribution in [3.63, 3.8) is 0 Å². The zero-order chi connectivity index (χ0) is 15.8. The zero-order valence-corrected chi connectivity index (χ0v) is 14.3. The first kappa shape index (κ1) is 16.1. The molecule has 0 saturated heterocycles. The molecule has 7 nitrogen and oxygen atoms in total. The first-order valence-corrected chi connectivity index (χ1v) is 8.76. The molecule has 0 saturated carbocycles. The number of sulfonamides is 1. The minimum absolute atomic E-state index is 0.114. The molecular weight excluding hydrogens is 406 g/mol. The van der Waals surface area contributed by atoms with Gasteiger partial charge in [-0.3, -0.25) is 14.8 Å². The summed E-state index contributed by atoms with van der Waals surface area (Å²) in [6.07, 6.45) is 1.46. The number of aryl methyl sites for hydroxylation is 1. The zero-order valence-electron chi connectivity index (χ0n) is 10.3. The van der Waals surface area contributed by atoms with Crippen molar-refractivity contribution in [3.8, 4) is 0 Å². The molecule has 0 aliphatic carbocycles. The van der Waals surface area contributed by atoms with Crippen LogP contribution < -0.4 is 4.72 Å². The number of anilines is 1. The van der Waals surface area contributed by atoms with Gasteiger partial charge in [-0.05, 0) is 34.5 Å². The Morgan fingerprint density at radius 3 is 2.67 bits per heavy atom. The highest BCUT2D eigenvalue weighted by Crippen LogP contribution is 2.36. The summed E-state index contributed by atoms with van der Waals surface area (Å²) in [5, 5.41) is 10.7. The number of thiophene rings is 1. The Labute approximate surface area is 137 Å². The molecule has 2 aromatic heterocycles. The Bertz CT molecular complexity index is 822. The fourth-order valence-corrected chi connectivity index (χ4v) is 4.26. The maximum absolute atomic E-state index is 12.2. The molecule has 2 rings (SSSR count). The number of aromatic nitrogens is 1.